The van der Waals surface area contributed by atoms with Gasteiger partial charge in [-0.1, -0.05) is 6.92 Å². The molecule has 0 bridgehead atoms. The number of nitrogen functional groups attached to an aromatic ring is 1. The fourth-order valence-corrected chi connectivity index (χ4v) is 2.65. The predicted molar refractivity (Wildman–Crippen MR) is 87.1 cm³/mol. The van der Waals surface area contributed by atoms with Crippen LogP contribution in [0, 0.1) is 0 Å². The zero-order chi connectivity index (χ0) is 15.8. The van der Waals surface area contributed by atoms with Crippen LogP contribution in [0.3, 0.4) is 0 Å². The van der Waals surface area contributed by atoms with Crippen molar-refractivity contribution in [3.8, 4) is 0 Å². The van der Waals surface area contributed by atoms with Gasteiger partial charge in [-0.3, -0.25) is 0 Å². The van der Waals surface area contributed by atoms with Crippen LogP contribution in [-0.2, 0) is 22.8 Å². The molecule has 0 aliphatic rings. The Hall–Kier alpha value is -1.56. The first kappa shape index (κ1) is 15.8. The Morgan fingerprint density at radius 1 is 1.33 bits per heavy atom. The number of nitrogens with zero attached hydrogens (tertiary/aromatic N) is 2. The molecule has 0 spiro atoms. The van der Waals surface area contributed by atoms with Crippen molar-refractivity contribution in [2.45, 2.75) is 44.9 Å². The topological polar surface area (TPSA) is 78.0 Å². The van der Waals surface area contributed by atoms with Crippen molar-refractivity contribution < 1.29 is 8.42 Å². The number of aryl methyl sites for hydroxylation is 1. The van der Waals surface area contributed by atoms with Crippen LogP contribution in [0.5, 0.6) is 0 Å². The van der Waals surface area contributed by atoms with E-state index in [2.05, 4.69) is 11.9 Å². The molecule has 0 saturated heterocycles. The Bertz CT molecular complexity index is 761. The van der Waals surface area contributed by atoms with Crippen molar-refractivity contribution >= 4 is 26.6 Å². The fourth-order valence-electron chi connectivity index (χ4n) is 2.29. The summed E-state index contributed by atoms with van der Waals surface area (Å²) in [6, 6.07) is 5.57. The lowest BCUT2D eigenvalue weighted by Gasteiger charge is -2.24. The molecule has 5 nitrogen and oxygen atoms in total. The van der Waals surface area contributed by atoms with Gasteiger partial charge in [0.15, 0.2) is 9.84 Å². The summed E-state index contributed by atoms with van der Waals surface area (Å²) in [6.07, 6.45) is 3.05. The number of aromatic nitrogens is 2. The normalized spacial score (nSPS) is 13.0. The van der Waals surface area contributed by atoms with Crippen LogP contribution < -0.4 is 5.73 Å². The molecule has 0 unspecified atom stereocenters. The SMILES string of the molecule is CCCc1nc2cc(N)ccc2n1CC(C)(C)S(C)(=O)=O. The molecule has 6 heteroatoms. The number of rotatable bonds is 5. The monoisotopic (exact) mass is 309 g/mol. The Balaban J connectivity index is 2.58. The van der Waals surface area contributed by atoms with Crippen LogP contribution in [0.25, 0.3) is 11.0 Å². The fraction of sp³-hybridized carbons (Fsp3) is 0.533. The third kappa shape index (κ3) is 3.05. The Morgan fingerprint density at radius 2 is 2.00 bits per heavy atom. The van der Waals surface area contributed by atoms with Gasteiger partial charge in [0.1, 0.15) is 5.82 Å². The van der Waals surface area contributed by atoms with Crippen LogP contribution in [0.4, 0.5) is 5.69 Å². The number of hydrogen-bond acceptors (Lipinski definition) is 4. The van der Waals surface area contributed by atoms with Gasteiger partial charge in [0.2, 0.25) is 0 Å². The zero-order valence-electron chi connectivity index (χ0n) is 13.0. The van der Waals surface area contributed by atoms with E-state index >= 15 is 0 Å². The van der Waals surface area contributed by atoms with E-state index in [0.717, 1.165) is 29.7 Å². The van der Waals surface area contributed by atoms with E-state index in [1.165, 1.54) is 6.26 Å². The maximum atomic E-state index is 12.0. The van der Waals surface area contributed by atoms with E-state index in [1.54, 1.807) is 13.8 Å². The van der Waals surface area contributed by atoms with Gasteiger partial charge >= 0.3 is 0 Å². The second-order valence-corrected chi connectivity index (χ2v) is 8.79. The average Bonchev–Trinajstić information content (AvgIpc) is 2.65. The second-order valence-electron chi connectivity index (χ2n) is 6.14. The Labute approximate surface area is 126 Å². The van der Waals surface area contributed by atoms with E-state index in [4.69, 9.17) is 5.73 Å². The molecule has 2 rings (SSSR count). The smallest absolute Gasteiger partial charge is 0.154 e. The number of fused-ring (bicyclic) bond motifs is 1. The van der Waals surface area contributed by atoms with Crippen LogP contribution >= 0.6 is 0 Å². The first-order chi connectivity index (χ1) is 9.65. The molecule has 1 aromatic carbocycles. The highest BCUT2D eigenvalue weighted by molar-refractivity contribution is 7.92. The summed E-state index contributed by atoms with van der Waals surface area (Å²) >= 11 is 0. The maximum Gasteiger partial charge on any atom is 0.154 e. The lowest BCUT2D eigenvalue weighted by atomic mass is 10.2. The molecule has 0 aliphatic carbocycles. The minimum atomic E-state index is -3.16. The predicted octanol–water partition coefficient (Wildman–Crippen LogP) is 2.39. The Morgan fingerprint density at radius 3 is 2.57 bits per heavy atom. The van der Waals surface area contributed by atoms with Gasteiger partial charge in [-0.2, -0.15) is 0 Å². The molecule has 0 amide bonds. The first-order valence-electron chi connectivity index (χ1n) is 7.10. The molecule has 2 aromatic rings. The first-order valence-corrected chi connectivity index (χ1v) is 8.99. The van der Waals surface area contributed by atoms with Crippen LogP contribution in [-0.4, -0.2) is 29.0 Å². The van der Waals surface area contributed by atoms with Gasteiger partial charge in [0.05, 0.1) is 15.8 Å². The quantitative estimate of drug-likeness (QED) is 0.860. The maximum absolute atomic E-state index is 12.0. The van der Waals surface area contributed by atoms with Crippen molar-refractivity contribution in [1.29, 1.82) is 0 Å². The summed E-state index contributed by atoms with van der Waals surface area (Å²) in [5.41, 5.74) is 8.23. The third-order valence-electron chi connectivity index (χ3n) is 3.87. The number of sulfone groups is 1. The lowest BCUT2D eigenvalue weighted by molar-refractivity contribution is 0.499. The van der Waals surface area contributed by atoms with Crippen molar-refractivity contribution in [1.82, 2.24) is 9.55 Å². The number of nitrogens with two attached hydrogens (primary N) is 1. The number of imidazole rings is 1. The number of hydrogen-bond donors (Lipinski definition) is 1. The highest BCUT2D eigenvalue weighted by Crippen LogP contribution is 2.25. The molecule has 0 fully saturated rings. The minimum absolute atomic E-state index is 0.390. The molecule has 2 N–H and O–H groups in total. The number of benzene rings is 1. The largest absolute Gasteiger partial charge is 0.399 e. The summed E-state index contributed by atoms with van der Waals surface area (Å²) < 4.78 is 25.1. The van der Waals surface area contributed by atoms with E-state index in [-0.39, 0.29) is 0 Å². The molecule has 0 aliphatic heterocycles. The van der Waals surface area contributed by atoms with Gasteiger partial charge in [-0.15, -0.1) is 0 Å². The summed E-state index contributed by atoms with van der Waals surface area (Å²) in [4.78, 5) is 4.62. The summed E-state index contributed by atoms with van der Waals surface area (Å²) in [5, 5.41) is 0. The van der Waals surface area contributed by atoms with Crippen LogP contribution in [0.2, 0.25) is 0 Å². The minimum Gasteiger partial charge on any atom is -0.399 e. The lowest BCUT2D eigenvalue weighted by Crippen LogP contribution is -2.36. The van der Waals surface area contributed by atoms with E-state index < -0.39 is 14.6 Å². The average molecular weight is 309 g/mol. The molecule has 0 atom stereocenters. The van der Waals surface area contributed by atoms with Crippen molar-refractivity contribution in [2.75, 3.05) is 12.0 Å². The van der Waals surface area contributed by atoms with Crippen molar-refractivity contribution in [3.05, 3.63) is 24.0 Å². The van der Waals surface area contributed by atoms with Crippen molar-refractivity contribution in [3.63, 3.8) is 0 Å². The van der Waals surface area contributed by atoms with E-state index in [0.29, 0.717) is 12.2 Å². The molecular weight excluding hydrogens is 286 g/mol. The van der Waals surface area contributed by atoms with Crippen molar-refractivity contribution in [2.24, 2.45) is 0 Å². The second kappa shape index (κ2) is 5.33. The highest BCUT2D eigenvalue weighted by atomic mass is 32.2. The van der Waals surface area contributed by atoms with E-state index in [1.807, 2.05) is 22.8 Å². The standard InChI is InChI=1S/C15H23N3O2S/c1-5-6-14-17-12-9-11(16)7-8-13(12)18(14)10-15(2,3)21(4,19)20/h7-9H,5-6,10,16H2,1-4H3. The van der Waals surface area contributed by atoms with Gasteiger partial charge in [-0.25, -0.2) is 13.4 Å². The van der Waals surface area contributed by atoms with Gasteiger partial charge < -0.3 is 10.3 Å². The van der Waals surface area contributed by atoms with Gasteiger partial charge in [-0.05, 0) is 38.5 Å². The summed E-state index contributed by atoms with van der Waals surface area (Å²) in [6.45, 7) is 5.98. The van der Waals surface area contributed by atoms with Crippen LogP contribution in [0.15, 0.2) is 18.2 Å². The highest BCUT2D eigenvalue weighted by Gasteiger charge is 2.32. The third-order valence-corrected chi connectivity index (χ3v) is 6.00. The van der Waals surface area contributed by atoms with Crippen LogP contribution in [0.1, 0.15) is 33.0 Å². The molecule has 116 valence electrons. The molecule has 0 saturated carbocycles. The summed E-state index contributed by atoms with van der Waals surface area (Å²) in [7, 11) is -3.16. The molecule has 0 radical (unpaired) electrons. The molecule has 1 heterocycles. The van der Waals surface area contributed by atoms with Gasteiger partial charge in [0, 0.05) is 24.9 Å². The summed E-state index contributed by atoms with van der Waals surface area (Å²) in [5.74, 6) is 0.912. The molecule has 1 aromatic heterocycles. The number of anilines is 1. The molecular formula is C15H23N3O2S. The van der Waals surface area contributed by atoms with E-state index in [9.17, 15) is 8.42 Å². The van der Waals surface area contributed by atoms with Gasteiger partial charge in [0.25, 0.3) is 0 Å². The molecule has 21 heavy (non-hydrogen) atoms. The Kier molecular flexibility index (Phi) is 4.02. The zero-order valence-corrected chi connectivity index (χ0v) is 13.9.